The van der Waals surface area contributed by atoms with Crippen LogP contribution in [0.2, 0.25) is 0 Å². The van der Waals surface area contributed by atoms with E-state index in [1.165, 1.54) is 10.9 Å². The molecule has 3 heteroatoms. The summed E-state index contributed by atoms with van der Waals surface area (Å²) in [7, 11) is 0. The van der Waals surface area contributed by atoms with E-state index in [4.69, 9.17) is 0 Å². The van der Waals surface area contributed by atoms with Gasteiger partial charge in [0.2, 0.25) is 0 Å². The maximum absolute atomic E-state index is 9.24. The molecule has 0 radical (unpaired) electrons. The molecule has 0 atom stereocenters. The van der Waals surface area contributed by atoms with Crippen LogP contribution in [0.1, 0.15) is 16.7 Å². The number of nitrogens with zero attached hydrogens (tertiary/aromatic N) is 2. The number of hydrogen-bond acceptors (Lipinski definition) is 3. The topological polar surface area (TPSA) is 48.7 Å². The molecule has 1 N–H and O–H groups in total. The van der Waals surface area contributed by atoms with Crippen molar-refractivity contribution in [1.82, 2.24) is 4.98 Å². The van der Waals surface area contributed by atoms with Crippen molar-refractivity contribution in [3.05, 3.63) is 71.5 Å². The molecule has 3 aromatic rings. The van der Waals surface area contributed by atoms with Gasteiger partial charge in [0.05, 0.1) is 11.3 Å². The molecule has 0 spiro atoms. The third kappa shape index (κ3) is 2.70. The van der Waals surface area contributed by atoms with E-state index < -0.39 is 0 Å². The minimum absolute atomic E-state index is 0.691. The lowest BCUT2D eigenvalue weighted by molar-refractivity contribution is 1.15. The zero-order valence-electron chi connectivity index (χ0n) is 11.8. The SMILES string of the molecule is Cc1cccc(NCc2ccc3cnccc3c2)c1C#N. The lowest BCUT2D eigenvalue weighted by Crippen LogP contribution is -2.02. The average Bonchev–Trinajstić information content (AvgIpc) is 2.52. The number of aryl methyl sites for hydroxylation is 1. The number of hydrogen-bond donors (Lipinski definition) is 1. The highest BCUT2D eigenvalue weighted by Gasteiger charge is 2.04. The van der Waals surface area contributed by atoms with Crippen molar-refractivity contribution >= 4 is 16.5 Å². The van der Waals surface area contributed by atoms with Crippen LogP contribution in [0.15, 0.2) is 54.9 Å². The minimum atomic E-state index is 0.691. The molecular formula is C18H15N3. The zero-order valence-corrected chi connectivity index (χ0v) is 11.8. The molecule has 0 fully saturated rings. The van der Waals surface area contributed by atoms with Gasteiger partial charge in [-0.15, -0.1) is 0 Å². The molecule has 0 aliphatic carbocycles. The van der Waals surface area contributed by atoms with Gasteiger partial charge in [-0.05, 0) is 41.6 Å². The lowest BCUT2D eigenvalue weighted by atomic mass is 10.1. The van der Waals surface area contributed by atoms with Gasteiger partial charge in [0.1, 0.15) is 6.07 Å². The first-order valence-corrected chi connectivity index (χ1v) is 6.84. The molecule has 3 rings (SSSR count). The highest BCUT2D eigenvalue weighted by atomic mass is 14.9. The molecular weight excluding hydrogens is 258 g/mol. The molecule has 0 aliphatic rings. The van der Waals surface area contributed by atoms with Crippen LogP contribution in [-0.2, 0) is 6.54 Å². The molecule has 0 aliphatic heterocycles. The Bertz CT molecular complexity index is 831. The van der Waals surface area contributed by atoms with Crippen LogP contribution >= 0.6 is 0 Å². The summed E-state index contributed by atoms with van der Waals surface area (Å²) < 4.78 is 0. The summed E-state index contributed by atoms with van der Waals surface area (Å²) in [6.45, 7) is 2.64. The third-order valence-corrected chi connectivity index (χ3v) is 3.57. The van der Waals surface area contributed by atoms with Crippen LogP contribution in [0, 0.1) is 18.3 Å². The molecule has 2 aromatic carbocycles. The molecule has 0 bridgehead atoms. The Morgan fingerprint density at radius 1 is 1.14 bits per heavy atom. The summed E-state index contributed by atoms with van der Waals surface area (Å²) in [6, 6.07) is 16.4. The van der Waals surface area contributed by atoms with E-state index in [1.807, 2.05) is 37.4 Å². The largest absolute Gasteiger partial charge is 0.380 e. The minimum Gasteiger partial charge on any atom is -0.380 e. The van der Waals surface area contributed by atoms with Crippen LogP contribution in [-0.4, -0.2) is 4.98 Å². The van der Waals surface area contributed by atoms with Crippen molar-refractivity contribution < 1.29 is 0 Å². The van der Waals surface area contributed by atoms with Gasteiger partial charge in [-0.2, -0.15) is 5.26 Å². The summed E-state index contributed by atoms with van der Waals surface area (Å²) in [5.74, 6) is 0. The fourth-order valence-electron chi connectivity index (χ4n) is 2.40. The first kappa shape index (κ1) is 13.1. The smallest absolute Gasteiger partial charge is 0.102 e. The molecule has 0 saturated carbocycles. The van der Waals surface area contributed by atoms with Crippen LogP contribution in [0.5, 0.6) is 0 Å². The molecule has 102 valence electrons. The van der Waals surface area contributed by atoms with Gasteiger partial charge >= 0.3 is 0 Å². The van der Waals surface area contributed by atoms with Crippen molar-refractivity contribution in [3.8, 4) is 6.07 Å². The number of benzene rings is 2. The second-order valence-electron chi connectivity index (χ2n) is 5.02. The van der Waals surface area contributed by atoms with E-state index in [0.717, 1.165) is 16.6 Å². The summed E-state index contributed by atoms with van der Waals surface area (Å²) in [5.41, 5.74) is 3.76. The maximum atomic E-state index is 9.24. The summed E-state index contributed by atoms with van der Waals surface area (Å²) in [5, 5.41) is 14.9. The predicted octanol–water partition coefficient (Wildman–Crippen LogP) is 4.03. The van der Waals surface area contributed by atoms with Gasteiger partial charge in [0.25, 0.3) is 0 Å². The number of rotatable bonds is 3. The predicted molar refractivity (Wildman–Crippen MR) is 85.0 cm³/mol. The fraction of sp³-hybridized carbons (Fsp3) is 0.111. The Morgan fingerprint density at radius 2 is 2.05 bits per heavy atom. The van der Waals surface area contributed by atoms with Gasteiger partial charge < -0.3 is 5.32 Å². The maximum Gasteiger partial charge on any atom is 0.102 e. The second-order valence-corrected chi connectivity index (χ2v) is 5.02. The Labute approximate surface area is 123 Å². The summed E-state index contributed by atoms with van der Waals surface area (Å²) in [4.78, 5) is 4.12. The molecule has 3 nitrogen and oxygen atoms in total. The average molecular weight is 273 g/mol. The van der Waals surface area contributed by atoms with Crippen LogP contribution in [0.3, 0.4) is 0 Å². The number of nitriles is 1. The number of fused-ring (bicyclic) bond motifs is 1. The van der Waals surface area contributed by atoms with Gasteiger partial charge in [-0.25, -0.2) is 0 Å². The van der Waals surface area contributed by atoms with Crippen LogP contribution in [0.4, 0.5) is 5.69 Å². The van der Waals surface area contributed by atoms with Crippen LogP contribution < -0.4 is 5.32 Å². The second kappa shape index (κ2) is 5.64. The van der Waals surface area contributed by atoms with Crippen LogP contribution in [0.25, 0.3) is 10.8 Å². The highest BCUT2D eigenvalue weighted by molar-refractivity contribution is 5.82. The van der Waals surface area contributed by atoms with E-state index in [9.17, 15) is 5.26 Å². The van der Waals surface area contributed by atoms with E-state index in [2.05, 4.69) is 34.6 Å². The summed E-state index contributed by atoms with van der Waals surface area (Å²) in [6.07, 6.45) is 3.66. The van der Waals surface area contributed by atoms with Gasteiger partial charge in [-0.3, -0.25) is 4.98 Å². The van der Waals surface area contributed by atoms with E-state index >= 15 is 0 Å². The quantitative estimate of drug-likeness (QED) is 0.783. The third-order valence-electron chi connectivity index (χ3n) is 3.57. The van der Waals surface area contributed by atoms with E-state index in [-0.39, 0.29) is 0 Å². The van der Waals surface area contributed by atoms with Gasteiger partial charge in [0.15, 0.2) is 0 Å². The lowest BCUT2D eigenvalue weighted by Gasteiger charge is -2.10. The number of aromatic nitrogens is 1. The normalized spacial score (nSPS) is 10.3. The van der Waals surface area contributed by atoms with Crippen molar-refractivity contribution in [3.63, 3.8) is 0 Å². The monoisotopic (exact) mass is 273 g/mol. The Morgan fingerprint density at radius 3 is 2.90 bits per heavy atom. The van der Waals surface area contributed by atoms with Crippen molar-refractivity contribution in [2.24, 2.45) is 0 Å². The Balaban J connectivity index is 1.84. The molecule has 0 unspecified atom stereocenters. The fourth-order valence-corrected chi connectivity index (χ4v) is 2.40. The van der Waals surface area contributed by atoms with Gasteiger partial charge in [0, 0.05) is 24.3 Å². The number of pyridine rings is 1. The first-order valence-electron chi connectivity index (χ1n) is 6.84. The van der Waals surface area contributed by atoms with Crippen molar-refractivity contribution in [2.75, 3.05) is 5.32 Å². The number of anilines is 1. The number of nitrogens with one attached hydrogen (secondary N) is 1. The van der Waals surface area contributed by atoms with Crippen molar-refractivity contribution in [2.45, 2.75) is 13.5 Å². The molecule has 21 heavy (non-hydrogen) atoms. The van der Waals surface area contributed by atoms with Gasteiger partial charge in [-0.1, -0.05) is 24.3 Å². The van der Waals surface area contributed by atoms with Crippen molar-refractivity contribution in [1.29, 1.82) is 5.26 Å². The summed E-state index contributed by atoms with van der Waals surface area (Å²) >= 11 is 0. The molecule has 1 aromatic heterocycles. The Kier molecular flexibility index (Phi) is 3.53. The van der Waals surface area contributed by atoms with E-state index in [0.29, 0.717) is 12.1 Å². The molecule has 1 heterocycles. The zero-order chi connectivity index (χ0) is 14.7. The standard InChI is InChI=1S/C18H15N3/c1-13-3-2-4-18(17(13)10-19)21-11-14-5-6-16-12-20-8-7-15(16)9-14/h2-9,12,21H,11H2,1H3. The first-order chi connectivity index (χ1) is 10.3. The molecule has 0 saturated heterocycles. The van der Waals surface area contributed by atoms with E-state index in [1.54, 1.807) is 6.20 Å². The Hall–Kier alpha value is -2.86. The highest BCUT2D eigenvalue weighted by Crippen LogP contribution is 2.20. The molecule has 0 amide bonds.